The van der Waals surface area contributed by atoms with Gasteiger partial charge in [-0.3, -0.25) is 4.79 Å². The predicted molar refractivity (Wildman–Crippen MR) is 86.6 cm³/mol. The molecule has 1 aliphatic rings. The van der Waals surface area contributed by atoms with E-state index in [0.717, 1.165) is 18.7 Å². The van der Waals surface area contributed by atoms with E-state index in [1.807, 2.05) is 12.1 Å². The molecule has 1 fully saturated rings. The van der Waals surface area contributed by atoms with Crippen LogP contribution in [0.15, 0.2) is 48.5 Å². The lowest BCUT2D eigenvalue weighted by molar-refractivity contribution is -0.115. The molecule has 0 bridgehead atoms. The number of amides is 1. The molecule has 0 aliphatic carbocycles. The first-order chi connectivity index (χ1) is 10.7. The molecule has 0 atom stereocenters. The van der Waals surface area contributed by atoms with Gasteiger partial charge in [0.05, 0.1) is 6.42 Å². The van der Waals surface area contributed by atoms with Gasteiger partial charge in [0.1, 0.15) is 5.82 Å². The van der Waals surface area contributed by atoms with Crippen molar-refractivity contribution >= 4 is 17.3 Å². The van der Waals surface area contributed by atoms with E-state index in [-0.39, 0.29) is 11.7 Å². The molecule has 1 amide bonds. The van der Waals surface area contributed by atoms with Crippen molar-refractivity contribution < 1.29 is 9.18 Å². The number of rotatable bonds is 4. The molecular weight excluding hydrogens is 279 g/mol. The standard InChI is InChI=1S/C18H19FN2O/c19-15-5-7-16(8-6-15)20-18(22)13-14-3-9-17(10-4-14)21-11-1-2-12-21/h3-10H,1-2,11-13H2,(H,20,22). The second-order valence-electron chi connectivity index (χ2n) is 5.59. The third-order valence-electron chi connectivity index (χ3n) is 3.90. The number of hydrogen-bond donors (Lipinski definition) is 1. The normalized spacial score (nSPS) is 14.1. The number of anilines is 2. The summed E-state index contributed by atoms with van der Waals surface area (Å²) in [4.78, 5) is 14.4. The minimum absolute atomic E-state index is 0.0967. The highest BCUT2D eigenvalue weighted by molar-refractivity contribution is 5.92. The van der Waals surface area contributed by atoms with E-state index in [9.17, 15) is 9.18 Å². The maximum atomic E-state index is 12.8. The molecule has 0 unspecified atom stereocenters. The van der Waals surface area contributed by atoms with Gasteiger partial charge in [0.2, 0.25) is 5.91 Å². The Hall–Kier alpha value is -2.36. The molecule has 0 saturated carbocycles. The summed E-state index contributed by atoms with van der Waals surface area (Å²) in [5.74, 6) is -0.406. The van der Waals surface area contributed by atoms with Crippen molar-refractivity contribution in [2.45, 2.75) is 19.3 Å². The fourth-order valence-electron chi connectivity index (χ4n) is 2.72. The summed E-state index contributed by atoms with van der Waals surface area (Å²) in [6.45, 7) is 2.23. The van der Waals surface area contributed by atoms with Crippen molar-refractivity contribution in [2.75, 3.05) is 23.3 Å². The second kappa shape index (κ2) is 6.60. The molecule has 2 aromatic carbocycles. The summed E-state index contributed by atoms with van der Waals surface area (Å²) in [5.41, 5.74) is 2.81. The van der Waals surface area contributed by atoms with Gasteiger partial charge in [-0.25, -0.2) is 4.39 Å². The van der Waals surface area contributed by atoms with E-state index in [0.29, 0.717) is 12.1 Å². The number of halogens is 1. The van der Waals surface area contributed by atoms with Gasteiger partial charge >= 0.3 is 0 Å². The lowest BCUT2D eigenvalue weighted by atomic mass is 10.1. The zero-order valence-electron chi connectivity index (χ0n) is 12.4. The smallest absolute Gasteiger partial charge is 0.228 e. The summed E-state index contributed by atoms with van der Waals surface area (Å²) in [7, 11) is 0. The van der Waals surface area contributed by atoms with Crippen molar-refractivity contribution in [3.05, 3.63) is 59.9 Å². The van der Waals surface area contributed by atoms with Crippen LogP contribution in [0.1, 0.15) is 18.4 Å². The minimum Gasteiger partial charge on any atom is -0.372 e. The summed E-state index contributed by atoms with van der Waals surface area (Å²) >= 11 is 0. The van der Waals surface area contributed by atoms with E-state index < -0.39 is 0 Å². The highest BCUT2D eigenvalue weighted by Crippen LogP contribution is 2.20. The van der Waals surface area contributed by atoms with E-state index in [1.54, 1.807) is 12.1 Å². The topological polar surface area (TPSA) is 32.3 Å². The zero-order valence-corrected chi connectivity index (χ0v) is 12.4. The van der Waals surface area contributed by atoms with Gasteiger partial charge in [0, 0.05) is 24.5 Å². The molecular formula is C18H19FN2O. The number of hydrogen-bond acceptors (Lipinski definition) is 2. The van der Waals surface area contributed by atoms with Gasteiger partial charge < -0.3 is 10.2 Å². The molecule has 3 rings (SSSR count). The number of carbonyl (C=O) groups is 1. The maximum absolute atomic E-state index is 12.8. The first-order valence-electron chi connectivity index (χ1n) is 7.60. The van der Waals surface area contributed by atoms with Crippen LogP contribution in [-0.2, 0) is 11.2 Å². The first-order valence-corrected chi connectivity index (χ1v) is 7.60. The lowest BCUT2D eigenvalue weighted by Crippen LogP contribution is -2.17. The summed E-state index contributed by atoms with van der Waals surface area (Å²) < 4.78 is 12.8. The van der Waals surface area contributed by atoms with Crippen LogP contribution in [0.2, 0.25) is 0 Å². The van der Waals surface area contributed by atoms with Crippen LogP contribution in [0.4, 0.5) is 15.8 Å². The largest absolute Gasteiger partial charge is 0.372 e. The van der Waals surface area contributed by atoms with Crippen LogP contribution in [0.5, 0.6) is 0 Å². The fourth-order valence-corrected chi connectivity index (χ4v) is 2.72. The van der Waals surface area contributed by atoms with Crippen LogP contribution in [-0.4, -0.2) is 19.0 Å². The van der Waals surface area contributed by atoms with Gasteiger partial charge in [-0.05, 0) is 54.8 Å². The molecule has 1 saturated heterocycles. The lowest BCUT2D eigenvalue weighted by Gasteiger charge is -2.17. The molecule has 114 valence electrons. The molecule has 0 radical (unpaired) electrons. The fraction of sp³-hybridized carbons (Fsp3) is 0.278. The van der Waals surface area contributed by atoms with Crippen LogP contribution in [0.25, 0.3) is 0 Å². The van der Waals surface area contributed by atoms with Crippen molar-refractivity contribution in [2.24, 2.45) is 0 Å². The summed E-state index contributed by atoms with van der Waals surface area (Å²) in [6, 6.07) is 13.9. The Bertz CT molecular complexity index is 631. The van der Waals surface area contributed by atoms with Gasteiger partial charge in [0.15, 0.2) is 0 Å². The quantitative estimate of drug-likeness (QED) is 0.935. The van der Waals surface area contributed by atoms with Crippen molar-refractivity contribution in [1.82, 2.24) is 0 Å². The predicted octanol–water partition coefficient (Wildman–Crippen LogP) is 3.61. The Morgan fingerprint density at radius 1 is 1.00 bits per heavy atom. The molecule has 22 heavy (non-hydrogen) atoms. The van der Waals surface area contributed by atoms with E-state index in [2.05, 4.69) is 22.3 Å². The maximum Gasteiger partial charge on any atom is 0.228 e. The Labute approximate surface area is 129 Å². The highest BCUT2D eigenvalue weighted by Gasteiger charge is 2.12. The molecule has 4 heteroatoms. The number of benzene rings is 2. The van der Waals surface area contributed by atoms with Crippen molar-refractivity contribution in [3.63, 3.8) is 0 Å². The van der Waals surface area contributed by atoms with E-state index in [1.165, 1.54) is 30.7 Å². The average molecular weight is 298 g/mol. The van der Waals surface area contributed by atoms with E-state index in [4.69, 9.17) is 0 Å². The van der Waals surface area contributed by atoms with Crippen molar-refractivity contribution in [1.29, 1.82) is 0 Å². The molecule has 1 aliphatic heterocycles. The third kappa shape index (κ3) is 3.64. The van der Waals surface area contributed by atoms with Crippen LogP contribution < -0.4 is 10.2 Å². The van der Waals surface area contributed by atoms with Crippen LogP contribution in [0, 0.1) is 5.82 Å². The monoisotopic (exact) mass is 298 g/mol. The minimum atomic E-state index is -0.310. The summed E-state index contributed by atoms with van der Waals surface area (Å²) in [6.07, 6.45) is 2.82. The van der Waals surface area contributed by atoms with Crippen LogP contribution in [0.3, 0.4) is 0 Å². The molecule has 0 aromatic heterocycles. The highest BCUT2D eigenvalue weighted by atomic mass is 19.1. The Kier molecular flexibility index (Phi) is 4.37. The van der Waals surface area contributed by atoms with Gasteiger partial charge in [-0.1, -0.05) is 12.1 Å². The summed E-state index contributed by atoms with van der Waals surface area (Å²) in [5, 5.41) is 2.77. The van der Waals surface area contributed by atoms with Crippen molar-refractivity contribution in [3.8, 4) is 0 Å². The zero-order chi connectivity index (χ0) is 15.4. The van der Waals surface area contributed by atoms with Gasteiger partial charge in [-0.2, -0.15) is 0 Å². The van der Waals surface area contributed by atoms with Gasteiger partial charge in [-0.15, -0.1) is 0 Å². The third-order valence-corrected chi connectivity index (χ3v) is 3.90. The Morgan fingerprint density at radius 3 is 2.27 bits per heavy atom. The molecule has 1 N–H and O–H groups in total. The number of carbonyl (C=O) groups excluding carboxylic acids is 1. The van der Waals surface area contributed by atoms with Crippen LogP contribution >= 0.6 is 0 Å². The molecule has 0 spiro atoms. The second-order valence-corrected chi connectivity index (χ2v) is 5.59. The van der Waals surface area contributed by atoms with Gasteiger partial charge in [0.25, 0.3) is 0 Å². The Morgan fingerprint density at radius 2 is 1.64 bits per heavy atom. The molecule has 1 heterocycles. The van der Waals surface area contributed by atoms with E-state index >= 15 is 0 Å². The molecule has 2 aromatic rings. The molecule has 3 nitrogen and oxygen atoms in total. The number of nitrogens with one attached hydrogen (secondary N) is 1. The Balaban J connectivity index is 1.57. The SMILES string of the molecule is O=C(Cc1ccc(N2CCCC2)cc1)Nc1ccc(F)cc1. The first kappa shape index (κ1) is 14.6. The number of nitrogens with zero attached hydrogens (tertiary/aromatic N) is 1. The average Bonchev–Trinajstić information content (AvgIpc) is 3.05.